The van der Waals surface area contributed by atoms with Gasteiger partial charge in [-0.1, -0.05) is 48.5 Å². The van der Waals surface area contributed by atoms with Crippen LogP contribution in [0.2, 0.25) is 0 Å². The Kier molecular flexibility index (Phi) is 6.86. The summed E-state index contributed by atoms with van der Waals surface area (Å²) < 4.78 is 8.98. The number of amides is 1. The molecule has 0 aliphatic carbocycles. The minimum atomic E-state index is -0.265. The molecular weight excluding hydrogens is 576 g/mol. The van der Waals surface area contributed by atoms with Crippen molar-refractivity contribution in [3.05, 3.63) is 125 Å². The lowest BCUT2D eigenvalue weighted by atomic mass is 9.89. The Morgan fingerprint density at radius 3 is 2.48 bits per heavy atom. The molecule has 9 heteroatoms. The van der Waals surface area contributed by atoms with Gasteiger partial charge in [0.2, 0.25) is 0 Å². The molecule has 46 heavy (non-hydrogen) atoms. The Balaban J connectivity index is 1.06. The summed E-state index contributed by atoms with van der Waals surface area (Å²) in [5.74, 6) is 0.328. The Bertz CT molecular complexity index is 2280. The van der Waals surface area contributed by atoms with E-state index >= 15 is 0 Å². The van der Waals surface area contributed by atoms with Gasteiger partial charge in [0.1, 0.15) is 6.61 Å². The molecule has 7 aromatic rings. The average molecular weight is 609 g/mol. The van der Waals surface area contributed by atoms with Crippen molar-refractivity contribution in [1.29, 1.82) is 0 Å². The van der Waals surface area contributed by atoms with Crippen LogP contribution in [-0.2, 0) is 18.4 Å². The van der Waals surface area contributed by atoms with Crippen molar-refractivity contribution >= 4 is 39.1 Å². The van der Waals surface area contributed by atoms with E-state index in [1.165, 1.54) is 5.56 Å². The highest BCUT2D eigenvalue weighted by molar-refractivity contribution is 6.04. The van der Waals surface area contributed by atoms with E-state index < -0.39 is 0 Å². The summed E-state index contributed by atoms with van der Waals surface area (Å²) in [6.07, 6.45) is 6.98. The summed E-state index contributed by atoms with van der Waals surface area (Å²) in [6.45, 7) is 1.58. The molecule has 0 spiro atoms. The molecule has 1 fully saturated rings. The molecule has 1 aliphatic rings. The Hall–Kier alpha value is -5.70. The number of nitrogens with zero attached hydrogens (tertiary/aromatic N) is 5. The van der Waals surface area contributed by atoms with E-state index in [1.807, 2.05) is 73.1 Å². The van der Waals surface area contributed by atoms with Gasteiger partial charge >= 0.3 is 11.8 Å². The van der Waals surface area contributed by atoms with E-state index in [9.17, 15) is 9.59 Å². The van der Waals surface area contributed by atoms with Gasteiger partial charge in [0, 0.05) is 43.5 Å². The molecule has 0 bridgehead atoms. The highest BCUT2D eigenvalue weighted by Gasteiger charge is 2.25. The van der Waals surface area contributed by atoms with Crippen LogP contribution in [0.15, 0.2) is 108 Å². The fourth-order valence-electron chi connectivity index (χ4n) is 6.61. The van der Waals surface area contributed by atoms with Crippen molar-refractivity contribution in [3.63, 3.8) is 0 Å². The zero-order valence-electron chi connectivity index (χ0n) is 25.4. The summed E-state index contributed by atoms with van der Waals surface area (Å²) in [5.41, 5.74) is 9.13. The number of nitrogens with one attached hydrogen (secondary N) is 1. The van der Waals surface area contributed by atoms with E-state index in [2.05, 4.69) is 39.2 Å². The van der Waals surface area contributed by atoms with Gasteiger partial charge in [0.15, 0.2) is 0 Å². The number of rotatable bonds is 5. The van der Waals surface area contributed by atoms with Crippen LogP contribution in [0.25, 0.3) is 49.8 Å². The first kappa shape index (κ1) is 27.8. The molecule has 3 aromatic carbocycles. The molecule has 1 aliphatic heterocycles. The molecule has 5 heterocycles. The predicted molar refractivity (Wildman–Crippen MR) is 179 cm³/mol. The van der Waals surface area contributed by atoms with E-state index in [4.69, 9.17) is 4.74 Å². The minimum Gasteiger partial charge on any atom is -0.445 e. The molecule has 0 unspecified atom stereocenters. The number of H-pyrrole nitrogens is 1. The SMILES string of the molecule is Cn1c(=O)n(-c2ccc(C3CCN(C(=O)OCc4ccccc4)CC3)cc2)c2c3cc(-c4cnc5cc[nH]c5c4)ccc3ncc21. The van der Waals surface area contributed by atoms with Crippen LogP contribution in [0, 0.1) is 0 Å². The van der Waals surface area contributed by atoms with Gasteiger partial charge in [-0.05, 0) is 71.8 Å². The maximum absolute atomic E-state index is 13.7. The summed E-state index contributed by atoms with van der Waals surface area (Å²) >= 11 is 0. The number of imidazole rings is 1. The highest BCUT2D eigenvalue weighted by atomic mass is 16.6. The molecule has 8 rings (SSSR count). The standard InChI is InChI=1S/C37H32N6O3/c1-41-34-22-40-31-12-9-27(28-20-33-32(39-21-28)13-16-38-33)19-30(31)35(34)43(36(41)44)29-10-7-25(8-11-29)26-14-17-42(18-15-26)37(45)46-23-24-5-3-2-4-6-24/h2-13,16,19-22,26,38H,14-15,17-18,23H2,1H3. The second kappa shape index (κ2) is 11.3. The van der Waals surface area contributed by atoms with E-state index in [0.717, 1.165) is 68.2 Å². The fourth-order valence-corrected chi connectivity index (χ4v) is 6.61. The second-order valence-corrected chi connectivity index (χ2v) is 11.9. The second-order valence-electron chi connectivity index (χ2n) is 11.9. The van der Waals surface area contributed by atoms with Crippen LogP contribution in [-0.4, -0.2) is 48.2 Å². The van der Waals surface area contributed by atoms with Crippen LogP contribution in [0.5, 0.6) is 0 Å². The highest BCUT2D eigenvalue weighted by Crippen LogP contribution is 2.32. The van der Waals surface area contributed by atoms with Gasteiger partial charge < -0.3 is 14.6 Å². The van der Waals surface area contributed by atoms with Gasteiger partial charge in [-0.25, -0.2) is 9.59 Å². The van der Waals surface area contributed by atoms with Crippen molar-refractivity contribution in [1.82, 2.24) is 29.0 Å². The van der Waals surface area contributed by atoms with Crippen molar-refractivity contribution < 1.29 is 9.53 Å². The number of likely N-dealkylation sites (tertiary alicyclic amines) is 1. The molecular formula is C37H32N6O3. The van der Waals surface area contributed by atoms with Crippen LogP contribution in [0.1, 0.15) is 29.9 Å². The smallest absolute Gasteiger partial charge is 0.410 e. The lowest BCUT2D eigenvalue weighted by Gasteiger charge is -2.31. The number of hydrogen-bond donors (Lipinski definition) is 1. The normalized spacial score (nSPS) is 14.0. The summed E-state index contributed by atoms with van der Waals surface area (Å²) in [5, 5.41) is 0.898. The maximum Gasteiger partial charge on any atom is 0.410 e. The van der Waals surface area contributed by atoms with Gasteiger partial charge in [0.25, 0.3) is 0 Å². The number of piperidine rings is 1. The molecule has 0 radical (unpaired) electrons. The third-order valence-electron chi connectivity index (χ3n) is 9.20. The van der Waals surface area contributed by atoms with Gasteiger partial charge in [0.05, 0.1) is 39.5 Å². The number of aromatic nitrogens is 5. The first-order chi connectivity index (χ1) is 22.5. The van der Waals surface area contributed by atoms with E-state index in [0.29, 0.717) is 19.0 Å². The summed E-state index contributed by atoms with van der Waals surface area (Å²) in [6, 6.07) is 28.2. The van der Waals surface area contributed by atoms with Crippen molar-refractivity contribution in [2.24, 2.45) is 7.05 Å². The molecule has 0 saturated carbocycles. The summed E-state index contributed by atoms with van der Waals surface area (Å²) in [4.78, 5) is 40.6. The van der Waals surface area contributed by atoms with Crippen molar-refractivity contribution in [2.75, 3.05) is 13.1 Å². The average Bonchev–Trinajstić information content (AvgIpc) is 3.69. The molecule has 228 valence electrons. The number of fused-ring (bicyclic) bond motifs is 4. The molecule has 4 aromatic heterocycles. The molecule has 1 amide bonds. The number of benzene rings is 3. The lowest BCUT2D eigenvalue weighted by molar-refractivity contribution is 0.0870. The first-order valence-corrected chi connectivity index (χ1v) is 15.5. The third kappa shape index (κ3) is 4.90. The fraction of sp³-hybridized carbons (Fsp3) is 0.189. The van der Waals surface area contributed by atoms with Gasteiger partial charge in [-0.15, -0.1) is 0 Å². The number of carbonyl (C=O) groups is 1. The van der Waals surface area contributed by atoms with Crippen molar-refractivity contribution in [3.8, 4) is 16.8 Å². The molecule has 1 saturated heterocycles. The predicted octanol–water partition coefficient (Wildman–Crippen LogP) is 6.94. The first-order valence-electron chi connectivity index (χ1n) is 15.5. The van der Waals surface area contributed by atoms with Crippen LogP contribution < -0.4 is 5.69 Å². The molecule has 0 atom stereocenters. The minimum absolute atomic E-state index is 0.126. The van der Waals surface area contributed by atoms with Crippen LogP contribution in [0.4, 0.5) is 4.79 Å². The number of aromatic amines is 1. The van der Waals surface area contributed by atoms with E-state index in [1.54, 1.807) is 27.3 Å². The molecule has 1 N–H and O–H groups in total. The number of carbonyl (C=O) groups excluding carboxylic acids is 1. The lowest BCUT2D eigenvalue weighted by Crippen LogP contribution is -2.38. The number of hydrogen-bond acceptors (Lipinski definition) is 5. The van der Waals surface area contributed by atoms with Crippen LogP contribution in [0.3, 0.4) is 0 Å². The largest absolute Gasteiger partial charge is 0.445 e. The Morgan fingerprint density at radius 1 is 0.891 bits per heavy atom. The van der Waals surface area contributed by atoms with Gasteiger partial charge in [-0.2, -0.15) is 0 Å². The monoisotopic (exact) mass is 608 g/mol. The Labute approximate surface area is 264 Å². The number of ether oxygens (including phenoxy) is 1. The summed E-state index contributed by atoms with van der Waals surface area (Å²) in [7, 11) is 1.79. The van der Waals surface area contributed by atoms with E-state index in [-0.39, 0.29) is 18.4 Å². The van der Waals surface area contributed by atoms with Gasteiger partial charge in [-0.3, -0.25) is 19.1 Å². The molecule has 9 nitrogen and oxygen atoms in total. The third-order valence-corrected chi connectivity index (χ3v) is 9.20. The number of pyridine rings is 2. The zero-order chi connectivity index (χ0) is 31.2. The topological polar surface area (TPSA) is 98.0 Å². The van der Waals surface area contributed by atoms with Crippen molar-refractivity contribution in [2.45, 2.75) is 25.4 Å². The quantitative estimate of drug-likeness (QED) is 0.228. The number of aryl methyl sites for hydroxylation is 1. The van der Waals surface area contributed by atoms with Crippen LogP contribution >= 0.6 is 0 Å². The Morgan fingerprint density at radius 2 is 1.67 bits per heavy atom. The maximum atomic E-state index is 13.7. The zero-order valence-corrected chi connectivity index (χ0v) is 25.4.